The van der Waals surface area contributed by atoms with Crippen molar-refractivity contribution in [3.63, 3.8) is 0 Å². The number of hydrogen-bond donors (Lipinski definition) is 2. The number of aromatic nitrogens is 4. The Bertz CT molecular complexity index is 807. The molecule has 6 nitrogen and oxygen atoms in total. The number of anilines is 1. The van der Waals surface area contributed by atoms with Crippen molar-refractivity contribution in [1.29, 1.82) is 0 Å². The highest BCUT2D eigenvalue weighted by Crippen LogP contribution is 2.38. The highest BCUT2D eigenvalue weighted by atomic mass is 16.3. The van der Waals surface area contributed by atoms with Gasteiger partial charge in [-0.05, 0) is 42.5 Å². The first-order chi connectivity index (χ1) is 11.3. The second-order valence-corrected chi connectivity index (χ2v) is 5.97. The van der Waals surface area contributed by atoms with Crippen molar-refractivity contribution in [2.24, 2.45) is 0 Å². The summed E-state index contributed by atoms with van der Waals surface area (Å²) in [6.45, 7) is 0.891. The number of fused-ring (bicyclic) bond motifs is 1. The second-order valence-electron chi connectivity index (χ2n) is 5.97. The molecule has 0 bridgehead atoms. The van der Waals surface area contributed by atoms with E-state index in [0.717, 1.165) is 35.8 Å². The van der Waals surface area contributed by atoms with Crippen LogP contribution < -0.4 is 5.32 Å². The highest BCUT2D eigenvalue weighted by molar-refractivity contribution is 5.44. The largest absolute Gasteiger partial charge is 0.392 e. The van der Waals surface area contributed by atoms with E-state index >= 15 is 0 Å². The molecule has 0 unspecified atom stereocenters. The molecule has 4 rings (SSSR count). The number of aliphatic hydroxyl groups excluding tert-OH is 1. The molecule has 118 valence electrons. The maximum absolute atomic E-state index is 9.05. The van der Waals surface area contributed by atoms with Crippen molar-refractivity contribution < 1.29 is 5.11 Å². The molecule has 2 heterocycles. The standard InChI is InChI=1S/C17H19N5O/c23-11-13-3-1-12(2-4-13)9-10-18-15-7-8-16-19-20-17(14-5-6-14)22(16)21-15/h1-4,7-8,14,23H,5-6,9-11H2,(H,18,21). The van der Waals surface area contributed by atoms with Crippen LogP contribution in [0.25, 0.3) is 5.65 Å². The summed E-state index contributed by atoms with van der Waals surface area (Å²) >= 11 is 0. The summed E-state index contributed by atoms with van der Waals surface area (Å²) in [5.74, 6) is 2.34. The van der Waals surface area contributed by atoms with Gasteiger partial charge in [-0.1, -0.05) is 24.3 Å². The van der Waals surface area contributed by atoms with Crippen molar-refractivity contribution in [1.82, 2.24) is 19.8 Å². The van der Waals surface area contributed by atoms with Crippen LogP contribution in [0.2, 0.25) is 0 Å². The molecular weight excluding hydrogens is 290 g/mol. The first-order valence-electron chi connectivity index (χ1n) is 7.98. The molecular formula is C17H19N5O. The van der Waals surface area contributed by atoms with Gasteiger partial charge in [-0.3, -0.25) is 0 Å². The minimum Gasteiger partial charge on any atom is -0.392 e. The summed E-state index contributed by atoms with van der Waals surface area (Å²) in [7, 11) is 0. The average Bonchev–Trinajstić information content (AvgIpc) is 3.35. The summed E-state index contributed by atoms with van der Waals surface area (Å²) < 4.78 is 1.86. The van der Waals surface area contributed by atoms with Gasteiger partial charge in [0.25, 0.3) is 0 Å². The Labute approximate surface area is 134 Å². The Morgan fingerprint density at radius 1 is 1.04 bits per heavy atom. The lowest BCUT2D eigenvalue weighted by atomic mass is 10.1. The molecule has 6 heteroatoms. The Balaban J connectivity index is 1.42. The van der Waals surface area contributed by atoms with E-state index in [1.54, 1.807) is 0 Å². The third-order valence-corrected chi connectivity index (χ3v) is 4.15. The Hall–Kier alpha value is -2.47. The van der Waals surface area contributed by atoms with Gasteiger partial charge in [0.2, 0.25) is 0 Å². The molecule has 0 atom stereocenters. The predicted octanol–water partition coefficient (Wildman–Crippen LogP) is 2.15. The van der Waals surface area contributed by atoms with Crippen LogP contribution in [0.5, 0.6) is 0 Å². The molecule has 23 heavy (non-hydrogen) atoms. The first-order valence-corrected chi connectivity index (χ1v) is 7.98. The minimum absolute atomic E-state index is 0.0880. The van der Waals surface area contributed by atoms with Crippen molar-refractivity contribution in [2.45, 2.75) is 31.8 Å². The Morgan fingerprint density at radius 3 is 2.57 bits per heavy atom. The molecule has 0 aliphatic heterocycles. The maximum atomic E-state index is 9.05. The summed E-state index contributed by atoms with van der Waals surface area (Å²) in [4.78, 5) is 0. The molecule has 0 saturated heterocycles. The second kappa shape index (κ2) is 5.96. The molecule has 2 aromatic heterocycles. The van der Waals surface area contributed by atoms with E-state index in [4.69, 9.17) is 5.11 Å². The zero-order valence-electron chi connectivity index (χ0n) is 12.8. The molecule has 1 saturated carbocycles. The van der Waals surface area contributed by atoms with E-state index in [9.17, 15) is 0 Å². The molecule has 1 aliphatic carbocycles. The van der Waals surface area contributed by atoms with Gasteiger partial charge in [-0.15, -0.1) is 15.3 Å². The summed E-state index contributed by atoms with van der Waals surface area (Å²) in [6.07, 6.45) is 3.27. The van der Waals surface area contributed by atoms with E-state index < -0.39 is 0 Å². The monoisotopic (exact) mass is 309 g/mol. The number of nitrogens with zero attached hydrogens (tertiary/aromatic N) is 4. The van der Waals surface area contributed by atoms with Crippen LogP contribution in [0.15, 0.2) is 36.4 Å². The zero-order valence-corrected chi connectivity index (χ0v) is 12.8. The molecule has 0 amide bonds. The van der Waals surface area contributed by atoms with Gasteiger partial charge in [0, 0.05) is 12.5 Å². The lowest BCUT2D eigenvalue weighted by Gasteiger charge is -2.07. The molecule has 3 aromatic rings. The van der Waals surface area contributed by atoms with E-state index in [1.807, 2.05) is 28.8 Å². The average molecular weight is 309 g/mol. The van der Waals surface area contributed by atoms with Crippen LogP contribution in [-0.2, 0) is 13.0 Å². The highest BCUT2D eigenvalue weighted by Gasteiger charge is 2.29. The van der Waals surface area contributed by atoms with Gasteiger partial charge in [0.15, 0.2) is 11.5 Å². The van der Waals surface area contributed by atoms with E-state index in [1.165, 1.54) is 18.4 Å². The molecule has 0 radical (unpaired) electrons. The quantitative estimate of drug-likeness (QED) is 0.730. The first kappa shape index (κ1) is 14.1. The van der Waals surface area contributed by atoms with Gasteiger partial charge in [0.05, 0.1) is 6.61 Å². The SMILES string of the molecule is OCc1ccc(CCNc2ccc3nnc(C4CC4)n3n2)cc1. The molecule has 2 N–H and O–H groups in total. The third-order valence-electron chi connectivity index (χ3n) is 4.15. The molecule has 0 spiro atoms. The minimum atomic E-state index is 0.0880. The fourth-order valence-electron chi connectivity index (χ4n) is 2.64. The number of aliphatic hydroxyl groups is 1. The number of hydrogen-bond acceptors (Lipinski definition) is 5. The normalized spacial score (nSPS) is 14.3. The van der Waals surface area contributed by atoms with Crippen LogP contribution in [0.3, 0.4) is 0 Å². The zero-order chi connectivity index (χ0) is 15.6. The van der Waals surface area contributed by atoms with Crippen LogP contribution in [-0.4, -0.2) is 31.5 Å². The topological polar surface area (TPSA) is 75.3 Å². The Morgan fingerprint density at radius 2 is 1.83 bits per heavy atom. The molecule has 1 aromatic carbocycles. The predicted molar refractivity (Wildman–Crippen MR) is 87.3 cm³/mol. The van der Waals surface area contributed by atoms with Crippen molar-refractivity contribution in [3.8, 4) is 0 Å². The van der Waals surface area contributed by atoms with Crippen molar-refractivity contribution in [2.75, 3.05) is 11.9 Å². The molecule has 1 aliphatic rings. The smallest absolute Gasteiger partial charge is 0.178 e. The summed E-state index contributed by atoms with van der Waals surface area (Å²) in [6, 6.07) is 11.9. The van der Waals surface area contributed by atoms with Crippen LogP contribution >= 0.6 is 0 Å². The molecule has 1 fully saturated rings. The van der Waals surface area contributed by atoms with Crippen LogP contribution in [0.4, 0.5) is 5.82 Å². The van der Waals surface area contributed by atoms with E-state index in [2.05, 4.69) is 32.7 Å². The van der Waals surface area contributed by atoms with Crippen LogP contribution in [0, 0.1) is 0 Å². The van der Waals surface area contributed by atoms with Gasteiger partial charge in [-0.25, -0.2) is 0 Å². The summed E-state index contributed by atoms with van der Waals surface area (Å²) in [5.41, 5.74) is 2.98. The van der Waals surface area contributed by atoms with Crippen molar-refractivity contribution >= 4 is 11.5 Å². The van der Waals surface area contributed by atoms with Crippen LogP contribution in [0.1, 0.15) is 35.7 Å². The van der Waals surface area contributed by atoms with Gasteiger partial charge in [0.1, 0.15) is 5.82 Å². The third kappa shape index (κ3) is 3.03. The van der Waals surface area contributed by atoms with Gasteiger partial charge >= 0.3 is 0 Å². The fourth-order valence-corrected chi connectivity index (χ4v) is 2.64. The number of nitrogens with one attached hydrogen (secondary N) is 1. The summed E-state index contributed by atoms with van der Waals surface area (Å²) in [5, 5.41) is 25.4. The lowest BCUT2D eigenvalue weighted by molar-refractivity contribution is 0.282. The Kier molecular flexibility index (Phi) is 3.67. The van der Waals surface area contributed by atoms with E-state index in [-0.39, 0.29) is 6.61 Å². The van der Waals surface area contributed by atoms with Gasteiger partial charge in [-0.2, -0.15) is 4.52 Å². The fraction of sp³-hybridized carbons (Fsp3) is 0.353. The lowest BCUT2D eigenvalue weighted by Crippen LogP contribution is -2.08. The van der Waals surface area contributed by atoms with Gasteiger partial charge < -0.3 is 10.4 Å². The van der Waals surface area contributed by atoms with E-state index in [0.29, 0.717) is 5.92 Å². The van der Waals surface area contributed by atoms with Crippen molar-refractivity contribution in [3.05, 3.63) is 53.3 Å². The maximum Gasteiger partial charge on any atom is 0.178 e. The number of benzene rings is 1. The number of rotatable bonds is 6.